The molecule has 0 saturated heterocycles. The fourth-order valence-corrected chi connectivity index (χ4v) is 6.93. The van der Waals surface area contributed by atoms with Crippen LogP contribution < -0.4 is 0 Å². The highest BCUT2D eigenvalue weighted by Gasteiger charge is 2.26. The number of carbonyl (C=O) groups is 1. The van der Waals surface area contributed by atoms with Crippen molar-refractivity contribution in [3.05, 3.63) is 122 Å². The van der Waals surface area contributed by atoms with E-state index in [0.29, 0.717) is 17.6 Å². The molecule has 0 saturated carbocycles. The van der Waals surface area contributed by atoms with Crippen molar-refractivity contribution in [3.63, 3.8) is 0 Å². The lowest BCUT2D eigenvalue weighted by atomic mass is 10.1. The van der Waals surface area contributed by atoms with Crippen molar-refractivity contribution >= 4 is 13.8 Å². The van der Waals surface area contributed by atoms with Crippen LogP contribution in [0.1, 0.15) is 168 Å². The maximum atomic E-state index is 12.7. The molecule has 0 aliphatic carbocycles. The quantitative estimate of drug-likeness (QED) is 0.0214. The third-order valence-electron chi connectivity index (χ3n) is 10.0. The largest absolute Gasteiger partial charge is 0.472 e. The monoisotopic (exact) mass is 925 g/mol. The Labute approximate surface area is 399 Å². The first-order valence-corrected chi connectivity index (χ1v) is 26.8. The second-order valence-corrected chi connectivity index (χ2v) is 18.9. The number of likely N-dealkylation sites (N-methyl/N-ethyl adjacent to an activating group) is 1. The summed E-state index contributed by atoms with van der Waals surface area (Å²) in [6, 6.07) is 0. The van der Waals surface area contributed by atoms with E-state index in [4.69, 9.17) is 18.5 Å². The van der Waals surface area contributed by atoms with E-state index >= 15 is 0 Å². The van der Waals surface area contributed by atoms with Crippen LogP contribution in [-0.2, 0) is 27.9 Å². The van der Waals surface area contributed by atoms with Crippen LogP contribution in [0.25, 0.3) is 0 Å². The number of quaternary nitrogens is 1. The molecular formula is C56H95NO7P+. The van der Waals surface area contributed by atoms with Gasteiger partial charge in [0.15, 0.2) is 0 Å². The highest BCUT2D eigenvalue weighted by atomic mass is 31.2. The molecule has 0 aromatic carbocycles. The van der Waals surface area contributed by atoms with E-state index in [1.807, 2.05) is 21.1 Å². The molecule has 0 rings (SSSR count). The van der Waals surface area contributed by atoms with Crippen molar-refractivity contribution in [3.8, 4) is 0 Å². The molecule has 0 bridgehead atoms. The molecule has 0 aromatic heterocycles. The van der Waals surface area contributed by atoms with Crippen LogP contribution in [0.5, 0.6) is 0 Å². The molecule has 8 nitrogen and oxygen atoms in total. The summed E-state index contributed by atoms with van der Waals surface area (Å²) in [5.74, 6) is -0.353. The number of allylic oxidation sites excluding steroid dienone is 20. The Balaban J connectivity index is 4.26. The van der Waals surface area contributed by atoms with Crippen molar-refractivity contribution < 1.29 is 37.3 Å². The smallest absolute Gasteiger partial charge is 0.457 e. The molecular weight excluding hydrogens is 830 g/mol. The number of unbranched alkanes of at least 4 members (excludes halogenated alkanes) is 11. The second-order valence-electron chi connectivity index (χ2n) is 17.4. The Morgan fingerprint density at radius 1 is 0.477 bits per heavy atom. The predicted octanol–water partition coefficient (Wildman–Crippen LogP) is 15.7. The first kappa shape index (κ1) is 61.9. The maximum absolute atomic E-state index is 12.7. The van der Waals surface area contributed by atoms with Crippen LogP contribution in [0.2, 0.25) is 0 Å². The van der Waals surface area contributed by atoms with Crippen LogP contribution in [0.4, 0.5) is 0 Å². The summed E-state index contributed by atoms with van der Waals surface area (Å²) in [6.45, 7) is 5.30. The number of phosphoric ester groups is 1. The predicted molar refractivity (Wildman–Crippen MR) is 279 cm³/mol. The van der Waals surface area contributed by atoms with Gasteiger partial charge in [-0.25, -0.2) is 4.57 Å². The zero-order valence-corrected chi connectivity index (χ0v) is 42.8. The summed E-state index contributed by atoms with van der Waals surface area (Å²) < 4.78 is 35.1. The van der Waals surface area contributed by atoms with Gasteiger partial charge in [0.05, 0.1) is 34.4 Å². The average molecular weight is 925 g/mol. The second kappa shape index (κ2) is 47.4. The summed E-state index contributed by atoms with van der Waals surface area (Å²) in [5, 5.41) is 0. The van der Waals surface area contributed by atoms with Gasteiger partial charge in [-0.2, -0.15) is 0 Å². The van der Waals surface area contributed by atoms with Gasteiger partial charge in [0.1, 0.15) is 19.3 Å². The SMILES string of the molecule is CC/C=C\C/C=C\C/C=C\C/C=C\C/C=C\CCCCCCCCCCOCC(COP(=O)(O)OCC[N+](C)(C)C)OC(=O)CCCCC/C=C\C/C=C\C/C=C\C/C=C\C/C=C\CC. The van der Waals surface area contributed by atoms with Gasteiger partial charge in [-0.1, -0.05) is 180 Å². The van der Waals surface area contributed by atoms with E-state index in [9.17, 15) is 14.3 Å². The minimum Gasteiger partial charge on any atom is -0.457 e. The van der Waals surface area contributed by atoms with E-state index in [2.05, 4.69) is 135 Å². The third kappa shape index (κ3) is 51.7. The Kier molecular flexibility index (Phi) is 45.1. The van der Waals surface area contributed by atoms with Crippen LogP contribution in [-0.4, -0.2) is 75.6 Å². The zero-order valence-electron chi connectivity index (χ0n) is 41.9. The lowest BCUT2D eigenvalue weighted by molar-refractivity contribution is -0.870. The summed E-state index contributed by atoms with van der Waals surface area (Å²) in [7, 11) is 1.62. The highest BCUT2D eigenvalue weighted by Crippen LogP contribution is 2.43. The number of rotatable bonds is 45. The Morgan fingerprint density at radius 3 is 1.26 bits per heavy atom. The van der Waals surface area contributed by atoms with E-state index in [1.165, 1.54) is 38.5 Å². The lowest BCUT2D eigenvalue weighted by Crippen LogP contribution is -2.37. The number of hydrogen-bond acceptors (Lipinski definition) is 6. The first-order chi connectivity index (χ1) is 31.6. The minimum atomic E-state index is -4.30. The fraction of sp³-hybridized carbons (Fsp3) is 0.625. The van der Waals surface area contributed by atoms with E-state index < -0.39 is 13.9 Å². The normalized spacial score (nSPS) is 14.6. The molecule has 0 radical (unpaired) electrons. The van der Waals surface area contributed by atoms with Crippen LogP contribution >= 0.6 is 7.82 Å². The molecule has 0 fully saturated rings. The molecule has 9 heteroatoms. The van der Waals surface area contributed by atoms with Gasteiger partial charge in [-0.3, -0.25) is 13.8 Å². The number of ether oxygens (including phenoxy) is 2. The minimum absolute atomic E-state index is 0.0724. The van der Waals surface area contributed by atoms with Crippen molar-refractivity contribution in [1.82, 2.24) is 0 Å². The van der Waals surface area contributed by atoms with Crippen LogP contribution in [0.15, 0.2) is 122 Å². The molecule has 0 heterocycles. The van der Waals surface area contributed by atoms with Crippen LogP contribution in [0, 0.1) is 0 Å². The van der Waals surface area contributed by atoms with Gasteiger partial charge in [-0.15, -0.1) is 0 Å². The van der Waals surface area contributed by atoms with Gasteiger partial charge >= 0.3 is 13.8 Å². The number of phosphoric acid groups is 1. The molecule has 2 atom stereocenters. The van der Waals surface area contributed by atoms with Gasteiger partial charge in [-0.05, 0) is 103 Å². The topological polar surface area (TPSA) is 91.3 Å². The maximum Gasteiger partial charge on any atom is 0.472 e. The molecule has 0 aliphatic rings. The number of carbonyl (C=O) groups excluding carboxylic acids is 1. The summed E-state index contributed by atoms with van der Waals surface area (Å²) in [5.41, 5.74) is 0. The fourth-order valence-electron chi connectivity index (χ4n) is 6.19. The number of nitrogens with zero attached hydrogens (tertiary/aromatic N) is 1. The Bertz CT molecular complexity index is 1450. The lowest BCUT2D eigenvalue weighted by Gasteiger charge is -2.24. The molecule has 0 aromatic rings. The van der Waals surface area contributed by atoms with Gasteiger partial charge < -0.3 is 18.9 Å². The molecule has 0 spiro atoms. The number of hydrogen-bond donors (Lipinski definition) is 1. The molecule has 1 N–H and O–H groups in total. The van der Waals surface area contributed by atoms with Crippen molar-refractivity contribution in [2.75, 3.05) is 54.1 Å². The van der Waals surface area contributed by atoms with Crippen molar-refractivity contribution in [1.29, 1.82) is 0 Å². The summed E-state index contributed by atoms with van der Waals surface area (Å²) in [4.78, 5) is 23.0. The third-order valence-corrected chi connectivity index (χ3v) is 11.0. The van der Waals surface area contributed by atoms with E-state index in [0.717, 1.165) is 109 Å². The zero-order chi connectivity index (χ0) is 47.6. The highest BCUT2D eigenvalue weighted by molar-refractivity contribution is 7.47. The summed E-state index contributed by atoms with van der Waals surface area (Å²) >= 11 is 0. The average Bonchev–Trinajstić information content (AvgIpc) is 3.27. The van der Waals surface area contributed by atoms with Gasteiger partial charge in [0.2, 0.25) is 0 Å². The van der Waals surface area contributed by atoms with Crippen LogP contribution in [0.3, 0.4) is 0 Å². The Morgan fingerprint density at radius 2 is 0.846 bits per heavy atom. The molecule has 0 amide bonds. The molecule has 370 valence electrons. The Hall–Kier alpha value is -3.10. The molecule has 65 heavy (non-hydrogen) atoms. The van der Waals surface area contributed by atoms with E-state index in [-0.39, 0.29) is 32.2 Å². The number of esters is 1. The summed E-state index contributed by atoms with van der Waals surface area (Å²) in [6.07, 6.45) is 68.2. The van der Waals surface area contributed by atoms with Gasteiger partial charge in [0.25, 0.3) is 0 Å². The van der Waals surface area contributed by atoms with E-state index in [1.54, 1.807) is 0 Å². The first-order valence-electron chi connectivity index (χ1n) is 25.3. The molecule has 0 aliphatic heterocycles. The van der Waals surface area contributed by atoms with Crippen molar-refractivity contribution in [2.24, 2.45) is 0 Å². The molecule has 2 unspecified atom stereocenters. The van der Waals surface area contributed by atoms with Crippen molar-refractivity contribution in [2.45, 2.75) is 174 Å². The van der Waals surface area contributed by atoms with Gasteiger partial charge in [0, 0.05) is 13.0 Å². The standard InChI is InChI=1S/C56H94NO7P/c1-6-8-10-12-14-16-18-20-22-24-26-27-28-29-30-32-34-36-38-40-42-44-46-48-51-61-53-55(54-63-65(59,60)62-52-50-57(3,4)5)64-56(58)49-47-45-43-41-39-37-35-33-31-25-23-21-19-17-15-13-11-9-7-2/h8-11,14-17,20-23,26-27,29-31,33,37,39,55H,6-7,12-13,18-19,24-25,28,32,34-36,38,40-54H2,1-5H3/p+1/b10-8-,11-9-,16-14-,17-15-,22-20-,23-21-,27-26-,30-29-,33-31-,39-37-.